The van der Waals surface area contributed by atoms with Gasteiger partial charge in [0.05, 0.1) is 0 Å². The van der Waals surface area contributed by atoms with E-state index < -0.39 is 0 Å². The number of piperidine rings is 1. The van der Waals surface area contributed by atoms with Crippen molar-refractivity contribution in [2.24, 2.45) is 0 Å². The number of imidazole rings is 1. The van der Waals surface area contributed by atoms with E-state index in [1.165, 1.54) is 29.1 Å². The fourth-order valence-corrected chi connectivity index (χ4v) is 3.65. The molecule has 0 spiro atoms. The molecule has 2 aromatic heterocycles. The van der Waals surface area contributed by atoms with Crippen molar-refractivity contribution in [3.63, 3.8) is 0 Å². The summed E-state index contributed by atoms with van der Waals surface area (Å²) in [6.45, 7) is 5.62. The van der Waals surface area contributed by atoms with E-state index in [0.29, 0.717) is 5.92 Å². The van der Waals surface area contributed by atoms with Gasteiger partial charge in [0.1, 0.15) is 5.82 Å². The molecule has 3 nitrogen and oxygen atoms in total. The molecule has 96 valence electrons. The van der Waals surface area contributed by atoms with E-state index in [0.717, 1.165) is 18.9 Å². The maximum atomic E-state index is 4.41. The second-order valence-electron chi connectivity index (χ2n) is 5.06. The molecule has 0 aliphatic carbocycles. The third-order valence-corrected chi connectivity index (χ3v) is 4.57. The van der Waals surface area contributed by atoms with Crippen LogP contribution >= 0.6 is 11.3 Å². The van der Waals surface area contributed by atoms with Gasteiger partial charge in [-0.05, 0) is 38.4 Å². The zero-order valence-corrected chi connectivity index (χ0v) is 11.5. The first-order chi connectivity index (χ1) is 8.81. The minimum absolute atomic E-state index is 0.579. The van der Waals surface area contributed by atoms with Gasteiger partial charge >= 0.3 is 0 Å². The molecular formula is C14H19N3S. The number of likely N-dealkylation sites (tertiary alicyclic amines) is 1. The van der Waals surface area contributed by atoms with E-state index in [1.54, 1.807) is 0 Å². The summed E-state index contributed by atoms with van der Waals surface area (Å²) in [7, 11) is 0. The molecule has 0 aromatic carbocycles. The minimum atomic E-state index is 0.579. The monoisotopic (exact) mass is 261 g/mol. The van der Waals surface area contributed by atoms with Gasteiger partial charge in [0.15, 0.2) is 0 Å². The third kappa shape index (κ3) is 2.65. The third-order valence-electron chi connectivity index (χ3n) is 3.59. The Bertz CT molecular complexity index is 489. The second-order valence-corrected chi connectivity index (χ2v) is 6.43. The largest absolute Gasteiger partial charge is 0.348 e. The number of rotatable bonds is 3. The molecule has 3 rings (SSSR count). The Kier molecular flexibility index (Phi) is 3.48. The highest BCUT2D eigenvalue weighted by Gasteiger charge is 2.23. The number of hydrogen-bond acceptors (Lipinski definition) is 3. The summed E-state index contributed by atoms with van der Waals surface area (Å²) in [6, 6.07) is 4.48. The van der Waals surface area contributed by atoms with Crippen LogP contribution in [0.15, 0.2) is 24.5 Å². The lowest BCUT2D eigenvalue weighted by molar-refractivity contribution is 0.198. The second kappa shape index (κ2) is 5.24. The molecule has 0 amide bonds. The van der Waals surface area contributed by atoms with Crippen molar-refractivity contribution < 1.29 is 0 Å². The van der Waals surface area contributed by atoms with Crippen molar-refractivity contribution in [1.29, 1.82) is 0 Å². The molecule has 1 aliphatic rings. The molecule has 1 atom stereocenters. The number of thiophene rings is 1. The minimum Gasteiger partial charge on any atom is -0.348 e. The van der Waals surface area contributed by atoms with Gasteiger partial charge in [-0.1, -0.05) is 0 Å². The van der Waals surface area contributed by atoms with Crippen molar-refractivity contribution in [2.45, 2.75) is 32.2 Å². The highest BCUT2D eigenvalue weighted by atomic mass is 32.1. The molecule has 3 heterocycles. The van der Waals surface area contributed by atoms with Crippen LogP contribution in [0.5, 0.6) is 0 Å². The first-order valence-corrected chi connectivity index (χ1v) is 7.40. The Hall–Kier alpha value is -1.13. The van der Waals surface area contributed by atoms with Crippen LogP contribution in [0, 0.1) is 6.92 Å². The number of aryl methyl sites for hydroxylation is 1. The predicted molar refractivity (Wildman–Crippen MR) is 74.9 cm³/mol. The Morgan fingerprint density at radius 2 is 2.44 bits per heavy atom. The molecule has 1 saturated heterocycles. The van der Waals surface area contributed by atoms with Crippen LogP contribution in [-0.4, -0.2) is 28.0 Å². The van der Waals surface area contributed by atoms with Gasteiger partial charge in [0.25, 0.3) is 0 Å². The van der Waals surface area contributed by atoms with Gasteiger partial charge in [-0.15, -0.1) is 11.3 Å². The summed E-state index contributed by atoms with van der Waals surface area (Å²) in [5, 5.41) is 0. The summed E-state index contributed by atoms with van der Waals surface area (Å²) in [5.74, 6) is 1.73. The number of hydrogen-bond donors (Lipinski definition) is 1. The fraction of sp³-hybridized carbons (Fsp3) is 0.500. The van der Waals surface area contributed by atoms with Crippen LogP contribution in [0.1, 0.15) is 34.3 Å². The average molecular weight is 261 g/mol. The molecule has 0 radical (unpaired) electrons. The van der Waals surface area contributed by atoms with Crippen molar-refractivity contribution in [3.8, 4) is 0 Å². The topological polar surface area (TPSA) is 31.9 Å². The SMILES string of the molecule is Cc1ccc(CN2CCCC(c3ncc[nH]3)C2)s1. The van der Waals surface area contributed by atoms with Crippen LogP contribution in [-0.2, 0) is 6.54 Å². The molecule has 0 bridgehead atoms. The predicted octanol–water partition coefficient (Wildman–Crippen LogP) is 3.16. The molecule has 1 N–H and O–H groups in total. The van der Waals surface area contributed by atoms with Crippen LogP contribution in [0.25, 0.3) is 0 Å². The zero-order valence-electron chi connectivity index (χ0n) is 10.7. The van der Waals surface area contributed by atoms with E-state index >= 15 is 0 Å². The smallest absolute Gasteiger partial charge is 0.110 e. The van der Waals surface area contributed by atoms with Crippen LogP contribution < -0.4 is 0 Å². The molecule has 1 unspecified atom stereocenters. The lowest BCUT2D eigenvalue weighted by Crippen LogP contribution is -2.34. The maximum Gasteiger partial charge on any atom is 0.110 e. The molecule has 18 heavy (non-hydrogen) atoms. The summed E-state index contributed by atoms with van der Waals surface area (Å²) in [5.41, 5.74) is 0. The fourth-order valence-electron chi connectivity index (χ4n) is 2.71. The lowest BCUT2D eigenvalue weighted by Gasteiger charge is -2.31. The van der Waals surface area contributed by atoms with E-state index in [1.807, 2.05) is 23.7 Å². The summed E-state index contributed by atoms with van der Waals surface area (Å²) in [6.07, 6.45) is 6.32. The van der Waals surface area contributed by atoms with Crippen LogP contribution in [0.3, 0.4) is 0 Å². The summed E-state index contributed by atoms with van der Waals surface area (Å²) < 4.78 is 0. The Morgan fingerprint density at radius 3 is 3.17 bits per heavy atom. The first kappa shape index (κ1) is 11.9. The molecule has 4 heteroatoms. The Balaban J connectivity index is 1.63. The van der Waals surface area contributed by atoms with Crippen molar-refractivity contribution >= 4 is 11.3 Å². The van der Waals surface area contributed by atoms with Crippen molar-refractivity contribution in [1.82, 2.24) is 14.9 Å². The lowest BCUT2D eigenvalue weighted by atomic mass is 9.97. The molecular weight excluding hydrogens is 242 g/mol. The maximum absolute atomic E-state index is 4.41. The summed E-state index contributed by atoms with van der Waals surface area (Å²) in [4.78, 5) is 13.1. The average Bonchev–Trinajstić information content (AvgIpc) is 3.01. The molecule has 1 aliphatic heterocycles. The van der Waals surface area contributed by atoms with E-state index in [2.05, 4.69) is 33.9 Å². The normalized spacial score (nSPS) is 21.3. The number of nitrogens with one attached hydrogen (secondary N) is 1. The van der Waals surface area contributed by atoms with Crippen molar-refractivity contribution in [3.05, 3.63) is 40.1 Å². The van der Waals surface area contributed by atoms with Crippen LogP contribution in [0.4, 0.5) is 0 Å². The van der Waals surface area contributed by atoms with E-state index in [9.17, 15) is 0 Å². The first-order valence-electron chi connectivity index (χ1n) is 6.58. The van der Waals surface area contributed by atoms with Crippen LogP contribution in [0.2, 0.25) is 0 Å². The highest BCUT2D eigenvalue weighted by molar-refractivity contribution is 7.11. The van der Waals surface area contributed by atoms with E-state index in [4.69, 9.17) is 0 Å². The zero-order chi connectivity index (χ0) is 12.4. The van der Waals surface area contributed by atoms with E-state index in [-0.39, 0.29) is 0 Å². The Morgan fingerprint density at radius 1 is 1.50 bits per heavy atom. The number of aromatic amines is 1. The molecule has 2 aromatic rings. The molecule has 1 fully saturated rings. The van der Waals surface area contributed by atoms with Gasteiger partial charge < -0.3 is 4.98 Å². The number of H-pyrrole nitrogens is 1. The van der Waals surface area contributed by atoms with Crippen molar-refractivity contribution in [2.75, 3.05) is 13.1 Å². The van der Waals surface area contributed by atoms with Gasteiger partial charge in [-0.25, -0.2) is 4.98 Å². The highest BCUT2D eigenvalue weighted by Crippen LogP contribution is 2.26. The standard InChI is InChI=1S/C14H19N3S/c1-11-4-5-13(18-11)10-17-8-2-3-12(9-17)14-15-6-7-16-14/h4-7,12H,2-3,8-10H2,1H3,(H,15,16). The summed E-state index contributed by atoms with van der Waals surface area (Å²) >= 11 is 1.91. The molecule has 0 saturated carbocycles. The Labute approximate surface area is 112 Å². The van der Waals surface area contributed by atoms with Gasteiger partial charge in [0, 0.05) is 41.2 Å². The number of aromatic nitrogens is 2. The van der Waals surface area contributed by atoms with Gasteiger partial charge in [-0.2, -0.15) is 0 Å². The van der Waals surface area contributed by atoms with Gasteiger partial charge in [-0.3, -0.25) is 4.90 Å². The quantitative estimate of drug-likeness (QED) is 0.920. The number of nitrogens with zero attached hydrogens (tertiary/aromatic N) is 2. The van der Waals surface area contributed by atoms with Gasteiger partial charge in [0.2, 0.25) is 0 Å².